The highest BCUT2D eigenvalue weighted by Gasteiger charge is 2.24. The first-order valence-corrected chi connectivity index (χ1v) is 3.82. The summed E-state index contributed by atoms with van der Waals surface area (Å²) in [6.07, 6.45) is 1.61. The van der Waals surface area contributed by atoms with E-state index in [1.807, 2.05) is 29.9 Å². The van der Waals surface area contributed by atoms with Crippen LogP contribution in [0.2, 0.25) is 0 Å². The van der Waals surface area contributed by atoms with Gasteiger partial charge in [0.25, 0.3) is 0 Å². The molecule has 2 rings (SSSR count). The van der Waals surface area contributed by atoms with Gasteiger partial charge in [0.15, 0.2) is 0 Å². The molecule has 0 saturated carbocycles. The summed E-state index contributed by atoms with van der Waals surface area (Å²) in [5, 5.41) is 2.72. The number of rotatable bonds is 1. The van der Waals surface area contributed by atoms with E-state index in [0.29, 0.717) is 6.61 Å². The summed E-state index contributed by atoms with van der Waals surface area (Å²) in [6, 6.07) is 3.93. The van der Waals surface area contributed by atoms with Crippen molar-refractivity contribution in [2.24, 2.45) is 7.05 Å². The van der Waals surface area contributed by atoms with Crippen molar-refractivity contribution in [3.05, 3.63) is 24.0 Å². The van der Waals surface area contributed by atoms with Gasteiger partial charge in [-0.3, -0.25) is 0 Å². The van der Waals surface area contributed by atoms with Crippen LogP contribution in [0.3, 0.4) is 0 Å². The maximum absolute atomic E-state index is 10.7. The Balaban J connectivity index is 2.21. The van der Waals surface area contributed by atoms with Crippen molar-refractivity contribution in [2.45, 2.75) is 6.04 Å². The second-order valence-corrected chi connectivity index (χ2v) is 2.84. The van der Waals surface area contributed by atoms with Gasteiger partial charge in [-0.05, 0) is 12.1 Å². The SMILES string of the molecule is Cn1cccc1[C@H]1COC(=O)N1. The Bertz CT molecular complexity index is 306. The lowest BCUT2D eigenvalue weighted by Gasteiger charge is -2.07. The highest BCUT2D eigenvalue weighted by atomic mass is 16.6. The van der Waals surface area contributed by atoms with Crippen LogP contribution in [0.4, 0.5) is 4.79 Å². The quantitative estimate of drug-likeness (QED) is 0.670. The number of hydrogen-bond donors (Lipinski definition) is 1. The number of nitrogens with zero attached hydrogens (tertiary/aromatic N) is 1. The maximum atomic E-state index is 10.7. The summed E-state index contributed by atoms with van der Waals surface area (Å²) in [5.74, 6) is 0. The number of amides is 1. The molecule has 1 aliphatic heterocycles. The summed E-state index contributed by atoms with van der Waals surface area (Å²) in [4.78, 5) is 10.7. The molecule has 0 aliphatic carbocycles. The molecule has 0 radical (unpaired) electrons. The van der Waals surface area contributed by atoms with E-state index in [9.17, 15) is 4.79 Å². The molecule has 1 N–H and O–H groups in total. The molecule has 1 aromatic rings. The minimum Gasteiger partial charge on any atom is -0.447 e. The van der Waals surface area contributed by atoms with Gasteiger partial charge in [-0.2, -0.15) is 0 Å². The summed E-state index contributed by atoms with van der Waals surface area (Å²) in [6.45, 7) is 0.427. The molecule has 1 atom stereocenters. The Labute approximate surface area is 70.1 Å². The molecule has 1 amide bonds. The van der Waals surface area contributed by atoms with Gasteiger partial charge in [-0.1, -0.05) is 0 Å². The first-order chi connectivity index (χ1) is 5.77. The van der Waals surface area contributed by atoms with Crippen molar-refractivity contribution in [1.29, 1.82) is 0 Å². The Kier molecular flexibility index (Phi) is 1.53. The standard InChI is InChI=1S/C8H10N2O2/c1-10-4-2-3-7(10)6-5-12-8(11)9-6/h2-4,6H,5H2,1H3,(H,9,11)/t6-/m1/s1. The largest absolute Gasteiger partial charge is 0.447 e. The summed E-state index contributed by atoms with van der Waals surface area (Å²) >= 11 is 0. The van der Waals surface area contributed by atoms with Crippen molar-refractivity contribution in [3.8, 4) is 0 Å². The number of aromatic nitrogens is 1. The topological polar surface area (TPSA) is 43.3 Å². The molecule has 1 aliphatic rings. The highest BCUT2D eigenvalue weighted by molar-refractivity contribution is 5.69. The highest BCUT2D eigenvalue weighted by Crippen LogP contribution is 2.17. The molecule has 1 saturated heterocycles. The number of aryl methyl sites for hydroxylation is 1. The fourth-order valence-corrected chi connectivity index (χ4v) is 1.38. The molecule has 1 aromatic heterocycles. The predicted octanol–water partition coefficient (Wildman–Crippen LogP) is 0.806. The molecule has 12 heavy (non-hydrogen) atoms. The van der Waals surface area contributed by atoms with E-state index in [4.69, 9.17) is 4.74 Å². The molecule has 1 fully saturated rings. The predicted molar refractivity (Wildman–Crippen MR) is 42.6 cm³/mol. The van der Waals surface area contributed by atoms with E-state index < -0.39 is 0 Å². The summed E-state index contributed by atoms with van der Waals surface area (Å²) in [7, 11) is 1.94. The second kappa shape index (κ2) is 2.55. The zero-order valence-corrected chi connectivity index (χ0v) is 6.78. The van der Waals surface area contributed by atoms with Gasteiger partial charge in [-0.25, -0.2) is 4.79 Å². The molecule has 4 heteroatoms. The lowest BCUT2D eigenvalue weighted by atomic mass is 10.2. The number of nitrogens with one attached hydrogen (secondary N) is 1. The molecule has 0 bridgehead atoms. The fraction of sp³-hybridized carbons (Fsp3) is 0.375. The Morgan fingerprint density at radius 3 is 3.08 bits per heavy atom. The van der Waals surface area contributed by atoms with E-state index in [0.717, 1.165) is 5.69 Å². The van der Waals surface area contributed by atoms with Crippen LogP contribution < -0.4 is 5.32 Å². The summed E-state index contributed by atoms with van der Waals surface area (Å²) < 4.78 is 6.75. The van der Waals surface area contributed by atoms with Gasteiger partial charge < -0.3 is 14.6 Å². The molecule has 0 aromatic carbocycles. The van der Waals surface area contributed by atoms with E-state index in [2.05, 4.69) is 5.32 Å². The van der Waals surface area contributed by atoms with E-state index >= 15 is 0 Å². The average molecular weight is 166 g/mol. The van der Waals surface area contributed by atoms with Gasteiger partial charge in [-0.15, -0.1) is 0 Å². The molecule has 64 valence electrons. The van der Waals surface area contributed by atoms with Crippen molar-refractivity contribution >= 4 is 6.09 Å². The minimum absolute atomic E-state index is 0.0116. The lowest BCUT2D eigenvalue weighted by molar-refractivity contribution is 0.176. The van der Waals surface area contributed by atoms with Crippen molar-refractivity contribution in [3.63, 3.8) is 0 Å². The third-order valence-electron chi connectivity index (χ3n) is 2.01. The van der Waals surface area contributed by atoms with Crippen molar-refractivity contribution in [1.82, 2.24) is 9.88 Å². The number of carbonyl (C=O) groups excluding carboxylic acids is 1. The number of alkyl carbamates (subject to hydrolysis) is 1. The second-order valence-electron chi connectivity index (χ2n) is 2.84. The van der Waals surface area contributed by atoms with Crippen LogP contribution >= 0.6 is 0 Å². The molecular weight excluding hydrogens is 156 g/mol. The molecule has 0 unspecified atom stereocenters. The van der Waals surface area contributed by atoms with Crippen LogP contribution in [0.5, 0.6) is 0 Å². The van der Waals surface area contributed by atoms with Crippen LogP contribution in [0, 0.1) is 0 Å². The normalized spacial score (nSPS) is 22.1. The first kappa shape index (κ1) is 7.21. The molecule has 2 heterocycles. The molecule has 4 nitrogen and oxygen atoms in total. The Morgan fingerprint density at radius 1 is 1.75 bits per heavy atom. The Hall–Kier alpha value is -1.45. The van der Waals surface area contributed by atoms with E-state index in [-0.39, 0.29) is 12.1 Å². The fourth-order valence-electron chi connectivity index (χ4n) is 1.38. The van der Waals surface area contributed by atoms with Gasteiger partial charge >= 0.3 is 6.09 Å². The van der Waals surface area contributed by atoms with Crippen LogP contribution in [-0.4, -0.2) is 17.3 Å². The minimum atomic E-state index is -0.332. The van der Waals surface area contributed by atoms with E-state index in [1.54, 1.807) is 0 Å². The zero-order chi connectivity index (χ0) is 8.55. The van der Waals surface area contributed by atoms with Gasteiger partial charge in [0, 0.05) is 18.9 Å². The lowest BCUT2D eigenvalue weighted by Crippen LogP contribution is -2.20. The van der Waals surface area contributed by atoms with Gasteiger partial charge in [0.1, 0.15) is 12.6 Å². The average Bonchev–Trinajstić information content (AvgIpc) is 2.58. The van der Waals surface area contributed by atoms with Crippen molar-refractivity contribution in [2.75, 3.05) is 6.61 Å². The van der Waals surface area contributed by atoms with Gasteiger partial charge in [0.2, 0.25) is 0 Å². The van der Waals surface area contributed by atoms with E-state index in [1.165, 1.54) is 0 Å². The number of hydrogen-bond acceptors (Lipinski definition) is 2. The maximum Gasteiger partial charge on any atom is 0.407 e. The first-order valence-electron chi connectivity index (χ1n) is 3.82. The van der Waals surface area contributed by atoms with Crippen LogP contribution in [-0.2, 0) is 11.8 Å². The summed E-state index contributed by atoms with van der Waals surface area (Å²) in [5.41, 5.74) is 1.07. The monoisotopic (exact) mass is 166 g/mol. The third kappa shape index (κ3) is 1.05. The van der Waals surface area contributed by atoms with Crippen LogP contribution in [0.25, 0.3) is 0 Å². The number of ether oxygens (including phenoxy) is 1. The number of carbonyl (C=O) groups is 1. The van der Waals surface area contributed by atoms with Crippen LogP contribution in [0.1, 0.15) is 11.7 Å². The Morgan fingerprint density at radius 2 is 2.58 bits per heavy atom. The van der Waals surface area contributed by atoms with Crippen molar-refractivity contribution < 1.29 is 9.53 Å². The number of cyclic esters (lactones) is 1. The molecular formula is C8H10N2O2. The van der Waals surface area contributed by atoms with Gasteiger partial charge in [0.05, 0.1) is 0 Å². The zero-order valence-electron chi connectivity index (χ0n) is 6.78. The molecule has 0 spiro atoms. The smallest absolute Gasteiger partial charge is 0.407 e. The third-order valence-corrected chi connectivity index (χ3v) is 2.01. The van der Waals surface area contributed by atoms with Crippen LogP contribution in [0.15, 0.2) is 18.3 Å².